The first-order valence-electron chi connectivity index (χ1n) is 9.51. The fraction of sp³-hybridized carbons (Fsp3) is 1.00. The molecular weight excluding hydrogens is 276 g/mol. The Bertz CT molecular complexity index is 212. The van der Waals surface area contributed by atoms with E-state index >= 15 is 0 Å². The number of hydrogen-bond acceptors (Lipinski definition) is 0. The van der Waals surface area contributed by atoms with Crippen molar-refractivity contribution in [2.24, 2.45) is 23.7 Å². The second-order valence-electron chi connectivity index (χ2n) is 7.98. The average Bonchev–Trinajstić information content (AvgIpc) is 2.38. The molecule has 3 atom stereocenters. The average molecular weight is 317 g/mol. The van der Waals surface area contributed by atoms with E-state index in [4.69, 9.17) is 11.6 Å². The van der Waals surface area contributed by atoms with Crippen LogP contribution in [0.5, 0.6) is 0 Å². The Morgan fingerprint density at radius 2 is 0.857 bits per heavy atom. The van der Waals surface area contributed by atoms with Gasteiger partial charge in [-0.3, -0.25) is 0 Å². The molecule has 0 fully saturated rings. The van der Waals surface area contributed by atoms with Gasteiger partial charge in [-0.1, -0.05) is 92.4 Å². The van der Waals surface area contributed by atoms with Crippen LogP contribution in [0.2, 0.25) is 0 Å². The van der Waals surface area contributed by atoms with Gasteiger partial charge in [0.2, 0.25) is 0 Å². The molecule has 3 unspecified atom stereocenters. The molecule has 0 rings (SSSR count). The molecule has 0 nitrogen and oxygen atoms in total. The summed E-state index contributed by atoms with van der Waals surface area (Å²) in [5.41, 5.74) is 0. The van der Waals surface area contributed by atoms with Crippen LogP contribution < -0.4 is 0 Å². The molecule has 0 aliphatic carbocycles. The smallest absolute Gasteiger partial charge is 0.0225 e. The van der Waals surface area contributed by atoms with Crippen LogP contribution in [0.25, 0.3) is 0 Å². The molecular formula is C20H41Cl. The molecule has 0 aromatic carbocycles. The Hall–Kier alpha value is 0.290. The van der Waals surface area contributed by atoms with Gasteiger partial charge in [0.25, 0.3) is 0 Å². The second-order valence-corrected chi connectivity index (χ2v) is 8.36. The van der Waals surface area contributed by atoms with Gasteiger partial charge >= 0.3 is 0 Å². The first kappa shape index (κ1) is 21.3. The van der Waals surface area contributed by atoms with Crippen molar-refractivity contribution >= 4 is 11.6 Å². The van der Waals surface area contributed by atoms with Crippen LogP contribution in [0.4, 0.5) is 0 Å². The lowest BCUT2D eigenvalue weighted by Crippen LogP contribution is -2.01. The highest BCUT2D eigenvalue weighted by Gasteiger charge is 2.07. The topological polar surface area (TPSA) is 0 Å². The van der Waals surface area contributed by atoms with Crippen molar-refractivity contribution in [1.82, 2.24) is 0 Å². The van der Waals surface area contributed by atoms with Gasteiger partial charge in [-0.05, 0) is 30.1 Å². The molecule has 0 spiro atoms. The summed E-state index contributed by atoms with van der Waals surface area (Å²) in [4.78, 5) is 0. The van der Waals surface area contributed by atoms with Crippen molar-refractivity contribution in [1.29, 1.82) is 0 Å². The summed E-state index contributed by atoms with van der Waals surface area (Å²) in [6.07, 6.45) is 13.9. The minimum atomic E-state index is 0.815. The van der Waals surface area contributed by atoms with E-state index in [9.17, 15) is 0 Å². The molecule has 0 bridgehead atoms. The maximum Gasteiger partial charge on any atom is 0.0225 e. The Labute approximate surface area is 140 Å². The molecule has 0 saturated carbocycles. The Kier molecular flexibility index (Phi) is 14.1. The van der Waals surface area contributed by atoms with Crippen molar-refractivity contribution in [2.45, 2.75) is 98.8 Å². The minimum absolute atomic E-state index is 0.815. The number of hydrogen-bond donors (Lipinski definition) is 0. The third-order valence-electron chi connectivity index (χ3n) is 4.87. The largest absolute Gasteiger partial charge is 0.127 e. The van der Waals surface area contributed by atoms with E-state index in [1.807, 2.05) is 0 Å². The fourth-order valence-electron chi connectivity index (χ4n) is 3.12. The summed E-state index contributed by atoms with van der Waals surface area (Å²) in [6, 6.07) is 0. The molecule has 0 N–H and O–H groups in total. The minimum Gasteiger partial charge on any atom is -0.127 e. The summed E-state index contributed by atoms with van der Waals surface area (Å²) in [5, 5.41) is 0. The second kappa shape index (κ2) is 13.9. The highest BCUT2D eigenvalue weighted by molar-refractivity contribution is 6.17. The SMILES string of the molecule is CC(C)CCCC(C)CCCC(C)CCCC(C)CCCl. The lowest BCUT2D eigenvalue weighted by atomic mass is 9.91. The predicted molar refractivity (Wildman–Crippen MR) is 99.2 cm³/mol. The maximum atomic E-state index is 5.79. The maximum absolute atomic E-state index is 5.79. The van der Waals surface area contributed by atoms with Crippen molar-refractivity contribution in [2.75, 3.05) is 5.88 Å². The Morgan fingerprint density at radius 3 is 1.19 bits per heavy atom. The van der Waals surface area contributed by atoms with Crippen molar-refractivity contribution in [3.05, 3.63) is 0 Å². The van der Waals surface area contributed by atoms with Gasteiger partial charge in [0.15, 0.2) is 0 Å². The third kappa shape index (κ3) is 15.0. The molecule has 0 aliphatic heterocycles. The zero-order valence-electron chi connectivity index (χ0n) is 15.5. The molecule has 0 aliphatic rings. The normalized spacial score (nSPS) is 16.1. The van der Waals surface area contributed by atoms with Crippen LogP contribution in [-0.2, 0) is 0 Å². The number of halogens is 1. The highest BCUT2D eigenvalue weighted by Crippen LogP contribution is 2.22. The van der Waals surface area contributed by atoms with Gasteiger partial charge in [-0.2, -0.15) is 0 Å². The number of alkyl halides is 1. The first-order chi connectivity index (χ1) is 9.95. The number of rotatable bonds is 14. The summed E-state index contributed by atoms with van der Waals surface area (Å²) in [5.74, 6) is 4.36. The van der Waals surface area contributed by atoms with Crippen LogP contribution in [0.15, 0.2) is 0 Å². The molecule has 0 amide bonds. The third-order valence-corrected chi connectivity index (χ3v) is 5.09. The van der Waals surface area contributed by atoms with E-state index < -0.39 is 0 Å². The Balaban J connectivity index is 3.45. The summed E-state index contributed by atoms with van der Waals surface area (Å²) in [7, 11) is 0. The summed E-state index contributed by atoms with van der Waals surface area (Å²) < 4.78 is 0. The zero-order valence-corrected chi connectivity index (χ0v) is 16.2. The van der Waals surface area contributed by atoms with E-state index in [0.29, 0.717) is 0 Å². The molecule has 0 saturated heterocycles. The van der Waals surface area contributed by atoms with Gasteiger partial charge in [0.05, 0.1) is 0 Å². The van der Waals surface area contributed by atoms with Crippen molar-refractivity contribution in [3.63, 3.8) is 0 Å². The highest BCUT2D eigenvalue weighted by atomic mass is 35.5. The standard InChI is InChI=1S/C20H41Cl/c1-17(2)9-6-10-18(3)11-7-12-19(4)13-8-14-20(5)15-16-21/h17-20H,6-16H2,1-5H3. The Morgan fingerprint density at radius 1 is 0.524 bits per heavy atom. The molecule has 0 heterocycles. The van der Waals surface area contributed by atoms with E-state index in [2.05, 4.69) is 34.6 Å². The first-order valence-corrected chi connectivity index (χ1v) is 10.0. The molecule has 128 valence electrons. The summed E-state index contributed by atoms with van der Waals surface area (Å²) in [6.45, 7) is 11.9. The van der Waals surface area contributed by atoms with Crippen LogP contribution >= 0.6 is 11.6 Å². The molecule has 21 heavy (non-hydrogen) atoms. The summed E-state index contributed by atoms with van der Waals surface area (Å²) >= 11 is 5.79. The van der Waals surface area contributed by atoms with Gasteiger partial charge in [0, 0.05) is 5.88 Å². The van der Waals surface area contributed by atoms with E-state index in [1.165, 1.54) is 64.2 Å². The zero-order chi connectivity index (χ0) is 16.1. The molecule has 1 heteroatoms. The predicted octanol–water partition coefficient (Wildman–Crippen LogP) is 7.69. The van der Waals surface area contributed by atoms with Crippen molar-refractivity contribution < 1.29 is 0 Å². The lowest BCUT2D eigenvalue weighted by Gasteiger charge is -2.16. The quantitative estimate of drug-likeness (QED) is 0.288. The van der Waals surface area contributed by atoms with Crippen LogP contribution in [0, 0.1) is 23.7 Å². The van der Waals surface area contributed by atoms with Gasteiger partial charge < -0.3 is 0 Å². The van der Waals surface area contributed by atoms with E-state index in [0.717, 1.165) is 29.6 Å². The van der Waals surface area contributed by atoms with E-state index in [-0.39, 0.29) is 0 Å². The van der Waals surface area contributed by atoms with Crippen LogP contribution in [0.3, 0.4) is 0 Å². The molecule has 0 radical (unpaired) electrons. The molecule has 0 aromatic heterocycles. The molecule has 0 aromatic rings. The van der Waals surface area contributed by atoms with Crippen molar-refractivity contribution in [3.8, 4) is 0 Å². The van der Waals surface area contributed by atoms with Gasteiger partial charge in [0.1, 0.15) is 0 Å². The van der Waals surface area contributed by atoms with Gasteiger partial charge in [-0.15, -0.1) is 11.6 Å². The lowest BCUT2D eigenvalue weighted by molar-refractivity contribution is 0.377. The fourth-order valence-corrected chi connectivity index (χ4v) is 3.50. The van der Waals surface area contributed by atoms with Crippen LogP contribution in [-0.4, -0.2) is 5.88 Å². The monoisotopic (exact) mass is 316 g/mol. The van der Waals surface area contributed by atoms with E-state index in [1.54, 1.807) is 0 Å². The van der Waals surface area contributed by atoms with Crippen LogP contribution in [0.1, 0.15) is 98.8 Å². The van der Waals surface area contributed by atoms with Gasteiger partial charge in [-0.25, -0.2) is 0 Å².